The maximum absolute atomic E-state index is 11.4. The van der Waals surface area contributed by atoms with Crippen LogP contribution in [-0.2, 0) is 17.9 Å². The number of pyridine rings is 1. The normalized spacial score (nSPS) is 15.5. The van der Waals surface area contributed by atoms with Gasteiger partial charge in [0.25, 0.3) is 0 Å². The van der Waals surface area contributed by atoms with E-state index in [2.05, 4.69) is 20.5 Å². The van der Waals surface area contributed by atoms with E-state index >= 15 is 0 Å². The van der Waals surface area contributed by atoms with Gasteiger partial charge in [0.2, 0.25) is 5.91 Å². The maximum atomic E-state index is 11.4. The highest BCUT2D eigenvalue weighted by Gasteiger charge is 2.24. The summed E-state index contributed by atoms with van der Waals surface area (Å²) in [5, 5.41) is 6.51. The van der Waals surface area contributed by atoms with Crippen LogP contribution in [0.3, 0.4) is 0 Å². The Balaban J connectivity index is 1.65. The number of nitrogens with two attached hydrogens (primary N) is 1. The highest BCUT2D eigenvalue weighted by atomic mass is 16.3. The first kappa shape index (κ1) is 19.7. The number of anilines is 1. The summed E-state index contributed by atoms with van der Waals surface area (Å²) >= 11 is 0. The fourth-order valence-electron chi connectivity index (χ4n) is 3.30. The van der Waals surface area contributed by atoms with E-state index in [1.165, 1.54) is 0 Å². The molecule has 1 saturated heterocycles. The van der Waals surface area contributed by atoms with Gasteiger partial charge in [0, 0.05) is 37.3 Å². The lowest BCUT2D eigenvalue weighted by Gasteiger charge is -2.32. The van der Waals surface area contributed by atoms with Crippen molar-refractivity contribution in [3.05, 3.63) is 48.0 Å². The summed E-state index contributed by atoms with van der Waals surface area (Å²) in [6, 6.07) is 7.76. The average molecular weight is 384 g/mol. The molecule has 4 N–H and O–H groups in total. The number of hydrogen-bond donors (Lipinski definition) is 3. The minimum atomic E-state index is -0.205. The third-order valence-electron chi connectivity index (χ3n) is 4.83. The Bertz CT molecular complexity index is 782. The fourth-order valence-corrected chi connectivity index (χ4v) is 3.30. The summed E-state index contributed by atoms with van der Waals surface area (Å²) in [5.41, 5.74) is 6.49. The van der Waals surface area contributed by atoms with Gasteiger partial charge in [-0.25, -0.2) is 9.98 Å². The molecule has 150 valence electrons. The van der Waals surface area contributed by atoms with Gasteiger partial charge in [0.15, 0.2) is 5.96 Å². The van der Waals surface area contributed by atoms with Crippen LogP contribution in [0.4, 0.5) is 5.82 Å². The van der Waals surface area contributed by atoms with Crippen molar-refractivity contribution in [1.82, 2.24) is 15.6 Å². The number of hydrogen-bond acceptors (Lipinski definition) is 5. The second kappa shape index (κ2) is 9.77. The van der Waals surface area contributed by atoms with Gasteiger partial charge >= 0.3 is 0 Å². The van der Waals surface area contributed by atoms with Gasteiger partial charge in [-0.3, -0.25) is 4.79 Å². The summed E-state index contributed by atoms with van der Waals surface area (Å²) in [6.45, 7) is 5.43. The molecule has 0 unspecified atom stereocenters. The minimum absolute atomic E-state index is 0.0346. The van der Waals surface area contributed by atoms with Crippen molar-refractivity contribution >= 4 is 17.7 Å². The number of rotatable bonds is 7. The predicted octanol–water partition coefficient (Wildman–Crippen LogP) is 1.63. The predicted molar refractivity (Wildman–Crippen MR) is 109 cm³/mol. The molecule has 3 rings (SSSR count). The molecule has 2 aromatic rings. The van der Waals surface area contributed by atoms with Gasteiger partial charge in [-0.05, 0) is 38.0 Å². The molecule has 8 nitrogen and oxygen atoms in total. The second-order valence-corrected chi connectivity index (χ2v) is 6.78. The van der Waals surface area contributed by atoms with Crippen LogP contribution in [0.15, 0.2) is 46.1 Å². The van der Waals surface area contributed by atoms with Gasteiger partial charge in [-0.1, -0.05) is 6.07 Å². The molecule has 8 heteroatoms. The van der Waals surface area contributed by atoms with Crippen molar-refractivity contribution in [3.63, 3.8) is 0 Å². The highest BCUT2D eigenvalue weighted by Crippen LogP contribution is 2.24. The van der Waals surface area contributed by atoms with Crippen molar-refractivity contribution in [1.29, 1.82) is 0 Å². The Morgan fingerprint density at radius 2 is 2.14 bits per heavy atom. The largest absolute Gasteiger partial charge is 0.467 e. The van der Waals surface area contributed by atoms with Crippen molar-refractivity contribution < 1.29 is 9.21 Å². The van der Waals surface area contributed by atoms with Gasteiger partial charge < -0.3 is 25.7 Å². The first-order valence-corrected chi connectivity index (χ1v) is 9.70. The summed E-state index contributed by atoms with van der Waals surface area (Å²) < 4.78 is 5.35. The molecule has 1 amide bonds. The third kappa shape index (κ3) is 5.25. The number of piperidine rings is 1. The van der Waals surface area contributed by atoms with E-state index in [0.717, 1.165) is 55.6 Å². The van der Waals surface area contributed by atoms with E-state index in [4.69, 9.17) is 15.1 Å². The highest BCUT2D eigenvalue weighted by molar-refractivity contribution is 5.79. The van der Waals surface area contributed by atoms with Crippen molar-refractivity contribution in [2.24, 2.45) is 16.6 Å². The molecule has 0 radical (unpaired) electrons. The van der Waals surface area contributed by atoms with Gasteiger partial charge in [-0.15, -0.1) is 0 Å². The molecule has 0 saturated carbocycles. The monoisotopic (exact) mass is 384 g/mol. The van der Waals surface area contributed by atoms with Gasteiger partial charge in [-0.2, -0.15) is 0 Å². The van der Waals surface area contributed by atoms with Gasteiger partial charge in [0.1, 0.15) is 11.6 Å². The maximum Gasteiger partial charge on any atom is 0.220 e. The quantitative estimate of drug-likeness (QED) is 0.495. The van der Waals surface area contributed by atoms with E-state index in [-0.39, 0.29) is 11.8 Å². The van der Waals surface area contributed by atoms with E-state index in [9.17, 15) is 4.79 Å². The van der Waals surface area contributed by atoms with Crippen molar-refractivity contribution in [2.75, 3.05) is 24.5 Å². The Morgan fingerprint density at radius 3 is 2.82 bits per heavy atom. The van der Waals surface area contributed by atoms with E-state index < -0.39 is 0 Å². The Labute approximate surface area is 165 Å². The number of aliphatic imine (C=N–C) groups is 1. The second-order valence-electron chi connectivity index (χ2n) is 6.78. The molecule has 28 heavy (non-hydrogen) atoms. The van der Waals surface area contributed by atoms with Crippen molar-refractivity contribution in [2.45, 2.75) is 32.9 Å². The Hall–Kier alpha value is -3.03. The first-order valence-electron chi connectivity index (χ1n) is 9.70. The third-order valence-corrected chi connectivity index (χ3v) is 4.83. The number of carbonyl (C=O) groups excluding carboxylic acids is 1. The first-order chi connectivity index (χ1) is 13.7. The van der Waals surface area contributed by atoms with E-state index in [0.29, 0.717) is 13.1 Å². The number of primary amides is 1. The molecule has 0 bridgehead atoms. The van der Waals surface area contributed by atoms with Crippen LogP contribution >= 0.6 is 0 Å². The smallest absolute Gasteiger partial charge is 0.220 e. The zero-order valence-electron chi connectivity index (χ0n) is 16.2. The van der Waals surface area contributed by atoms with Crippen LogP contribution in [0.5, 0.6) is 0 Å². The average Bonchev–Trinajstić information content (AvgIpc) is 3.24. The number of furan rings is 1. The standard InChI is InChI=1S/C20H28N6O2/c1-2-22-20(25-14-17-6-4-12-28-17)24-13-16-5-3-9-23-19(16)26-10-7-15(8-11-26)18(21)27/h3-6,9,12,15H,2,7-8,10-11,13-14H2,1H3,(H2,21,27)(H2,22,24,25). The summed E-state index contributed by atoms with van der Waals surface area (Å²) in [4.78, 5) is 22.9. The molecular formula is C20H28N6O2. The SMILES string of the molecule is CCNC(=NCc1cccnc1N1CCC(C(N)=O)CC1)NCc1ccco1. The minimum Gasteiger partial charge on any atom is -0.467 e. The Kier molecular flexibility index (Phi) is 6.89. The number of nitrogens with one attached hydrogen (secondary N) is 2. The van der Waals surface area contributed by atoms with Crippen LogP contribution in [0, 0.1) is 5.92 Å². The molecule has 0 aliphatic carbocycles. The summed E-state index contributed by atoms with van der Waals surface area (Å²) in [7, 11) is 0. The van der Waals surface area contributed by atoms with Crippen molar-refractivity contribution in [3.8, 4) is 0 Å². The van der Waals surface area contributed by atoms with Crippen LogP contribution in [0.25, 0.3) is 0 Å². The lowest BCUT2D eigenvalue weighted by atomic mass is 9.96. The zero-order chi connectivity index (χ0) is 19.8. The number of amides is 1. The molecular weight excluding hydrogens is 356 g/mol. The lowest BCUT2D eigenvalue weighted by molar-refractivity contribution is -0.122. The molecule has 1 fully saturated rings. The van der Waals surface area contributed by atoms with Crippen LogP contribution in [0.1, 0.15) is 31.1 Å². The number of guanidine groups is 1. The molecule has 3 heterocycles. The Morgan fingerprint density at radius 1 is 1.32 bits per heavy atom. The van der Waals surface area contributed by atoms with Crippen LogP contribution < -0.4 is 21.3 Å². The topological polar surface area (TPSA) is 109 Å². The van der Waals surface area contributed by atoms with E-state index in [1.807, 2.05) is 31.2 Å². The molecule has 0 spiro atoms. The molecule has 1 aliphatic rings. The molecule has 2 aromatic heterocycles. The van der Waals surface area contributed by atoms with E-state index in [1.54, 1.807) is 12.5 Å². The number of aromatic nitrogens is 1. The number of nitrogens with zero attached hydrogens (tertiary/aromatic N) is 3. The molecule has 0 aromatic carbocycles. The molecule has 0 atom stereocenters. The van der Waals surface area contributed by atoms with Gasteiger partial charge in [0.05, 0.1) is 19.4 Å². The molecule has 1 aliphatic heterocycles. The zero-order valence-corrected chi connectivity index (χ0v) is 16.2. The number of carbonyl (C=O) groups is 1. The lowest BCUT2D eigenvalue weighted by Crippen LogP contribution is -2.39. The van der Waals surface area contributed by atoms with Crippen LogP contribution in [-0.4, -0.2) is 36.5 Å². The summed E-state index contributed by atoms with van der Waals surface area (Å²) in [5.74, 6) is 2.26. The van der Waals surface area contributed by atoms with Crippen LogP contribution in [0.2, 0.25) is 0 Å². The fraction of sp³-hybridized carbons (Fsp3) is 0.450. The summed E-state index contributed by atoms with van der Waals surface area (Å²) in [6.07, 6.45) is 4.98.